The molecule has 1 aliphatic heterocycles. The molecule has 1 spiro atoms. The Hall–Kier alpha value is -6.38. The smallest absolute Gasteiger partial charge is 0.0775 e. The molecule has 0 atom stereocenters. The molecule has 0 saturated heterocycles. The van der Waals surface area contributed by atoms with Crippen LogP contribution in [0.1, 0.15) is 22.3 Å². The molecular weight excluding hydrogens is 825 g/mol. The summed E-state index contributed by atoms with van der Waals surface area (Å²) in [6.45, 7) is 14.5. The molecule has 0 saturated carbocycles. The number of para-hydroxylation sites is 2. The minimum absolute atomic E-state index is 0.605. The van der Waals surface area contributed by atoms with Crippen LogP contribution in [0.2, 0.25) is 39.3 Å². The Morgan fingerprint density at radius 2 is 0.797 bits per heavy atom. The third kappa shape index (κ3) is 6.51. The van der Waals surface area contributed by atoms with E-state index >= 15 is 0 Å². The van der Waals surface area contributed by atoms with E-state index in [1.165, 1.54) is 70.0 Å². The summed E-state index contributed by atoms with van der Waals surface area (Å²) in [7, 11) is -3.03. The zero-order chi connectivity index (χ0) is 43.8. The SMILES string of the molecule is C[Si](C)(C)c1ccc(N(c2ccccc2)c2ccc3c(c2)C2(c4ccccc4Sc4ccccc42)c2cc(N(c4ccccc4)c4ccc([Si](C)(C)C)cc4)c4ccccc4c2-3)cc1. The molecule has 5 heteroatoms. The first-order chi connectivity index (χ1) is 31.0. The summed E-state index contributed by atoms with van der Waals surface area (Å²) in [5, 5.41) is 5.40. The van der Waals surface area contributed by atoms with Crippen molar-refractivity contribution in [3.05, 3.63) is 229 Å². The van der Waals surface area contributed by atoms with E-state index in [9.17, 15) is 0 Å². The van der Waals surface area contributed by atoms with Crippen molar-refractivity contribution in [3.8, 4) is 11.1 Å². The van der Waals surface area contributed by atoms with Gasteiger partial charge in [0, 0.05) is 43.6 Å². The van der Waals surface area contributed by atoms with Crippen molar-refractivity contribution in [1.29, 1.82) is 0 Å². The average Bonchev–Trinajstić information content (AvgIpc) is 3.59. The zero-order valence-corrected chi connectivity index (χ0v) is 40.2. The van der Waals surface area contributed by atoms with Gasteiger partial charge in [-0.15, -0.1) is 0 Å². The van der Waals surface area contributed by atoms with Gasteiger partial charge in [0.2, 0.25) is 0 Å². The highest BCUT2D eigenvalue weighted by Gasteiger charge is 2.51. The highest BCUT2D eigenvalue weighted by atomic mass is 32.2. The van der Waals surface area contributed by atoms with Gasteiger partial charge in [0.05, 0.1) is 27.3 Å². The summed E-state index contributed by atoms with van der Waals surface area (Å²) >= 11 is 1.90. The van der Waals surface area contributed by atoms with Crippen LogP contribution in [-0.4, -0.2) is 16.1 Å². The summed E-state index contributed by atoms with van der Waals surface area (Å²) in [6, 6.07) is 77.9. The number of rotatable bonds is 8. The Balaban J connectivity index is 1.23. The van der Waals surface area contributed by atoms with Crippen LogP contribution in [0.15, 0.2) is 216 Å². The van der Waals surface area contributed by atoms with Gasteiger partial charge in [0.1, 0.15) is 0 Å². The van der Waals surface area contributed by atoms with Crippen LogP contribution in [-0.2, 0) is 5.41 Å². The van der Waals surface area contributed by atoms with E-state index in [1.807, 2.05) is 11.8 Å². The van der Waals surface area contributed by atoms with Crippen LogP contribution in [0.5, 0.6) is 0 Å². The lowest BCUT2D eigenvalue weighted by Gasteiger charge is -2.40. The molecule has 0 aromatic heterocycles. The topological polar surface area (TPSA) is 6.48 Å². The number of anilines is 6. The molecule has 9 aromatic carbocycles. The van der Waals surface area contributed by atoms with Crippen molar-refractivity contribution in [3.63, 3.8) is 0 Å². The minimum atomic E-state index is -1.53. The van der Waals surface area contributed by atoms with Gasteiger partial charge in [-0.25, -0.2) is 0 Å². The first kappa shape index (κ1) is 40.4. The van der Waals surface area contributed by atoms with Crippen molar-refractivity contribution in [2.45, 2.75) is 54.5 Å². The Morgan fingerprint density at radius 3 is 1.34 bits per heavy atom. The first-order valence-electron chi connectivity index (χ1n) is 22.5. The number of benzene rings is 9. The van der Waals surface area contributed by atoms with E-state index in [1.54, 1.807) is 0 Å². The molecule has 1 aliphatic carbocycles. The van der Waals surface area contributed by atoms with Gasteiger partial charge in [-0.1, -0.05) is 189 Å². The lowest BCUT2D eigenvalue weighted by molar-refractivity contribution is 0.723. The first-order valence-corrected chi connectivity index (χ1v) is 30.3. The molecule has 11 rings (SSSR count). The summed E-state index contributed by atoms with van der Waals surface area (Å²) in [5.74, 6) is 0. The largest absolute Gasteiger partial charge is 0.310 e. The average molecular weight is 877 g/mol. The van der Waals surface area contributed by atoms with Gasteiger partial charge in [-0.2, -0.15) is 0 Å². The fraction of sp³-hybridized carbons (Fsp3) is 0.119. The van der Waals surface area contributed by atoms with Crippen molar-refractivity contribution in [2.24, 2.45) is 0 Å². The van der Waals surface area contributed by atoms with E-state index in [2.05, 4.69) is 255 Å². The Labute approximate surface area is 384 Å². The van der Waals surface area contributed by atoms with E-state index < -0.39 is 21.6 Å². The molecule has 0 N–H and O–H groups in total. The number of nitrogens with zero attached hydrogens (tertiary/aromatic N) is 2. The van der Waals surface area contributed by atoms with Gasteiger partial charge in [-0.3, -0.25) is 0 Å². The lowest BCUT2D eigenvalue weighted by atomic mass is 9.67. The molecule has 9 aromatic rings. The van der Waals surface area contributed by atoms with Crippen LogP contribution in [0.4, 0.5) is 34.1 Å². The van der Waals surface area contributed by atoms with Crippen LogP contribution >= 0.6 is 11.8 Å². The molecule has 64 heavy (non-hydrogen) atoms. The fourth-order valence-electron chi connectivity index (χ4n) is 10.3. The van der Waals surface area contributed by atoms with Gasteiger partial charge in [-0.05, 0) is 118 Å². The molecule has 2 nitrogen and oxygen atoms in total. The second-order valence-corrected chi connectivity index (χ2v) is 30.6. The molecule has 0 amide bonds. The Morgan fingerprint density at radius 1 is 0.359 bits per heavy atom. The van der Waals surface area contributed by atoms with Gasteiger partial charge in [0.25, 0.3) is 0 Å². The summed E-state index contributed by atoms with van der Waals surface area (Å²) in [6.07, 6.45) is 0. The van der Waals surface area contributed by atoms with Crippen molar-refractivity contribution in [2.75, 3.05) is 9.80 Å². The third-order valence-corrected chi connectivity index (χ3v) is 18.7. The molecule has 0 bridgehead atoms. The lowest BCUT2D eigenvalue weighted by Crippen LogP contribution is -2.37. The van der Waals surface area contributed by atoms with E-state index in [-0.39, 0.29) is 0 Å². The number of fused-ring (bicyclic) bond motifs is 11. The zero-order valence-electron chi connectivity index (χ0n) is 37.4. The van der Waals surface area contributed by atoms with E-state index in [4.69, 9.17) is 0 Å². The molecule has 0 fully saturated rings. The summed E-state index contributed by atoms with van der Waals surface area (Å²) in [4.78, 5) is 7.54. The molecule has 2 aliphatic rings. The maximum Gasteiger partial charge on any atom is 0.0775 e. The van der Waals surface area contributed by atoms with Crippen LogP contribution < -0.4 is 20.2 Å². The second-order valence-electron chi connectivity index (χ2n) is 19.4. The molecule has 0 unspecified atom stereocenters. The van der Waals surface area contributed by atoms with Crippen LogP contribution in [0, 0.1) is 0 Å². The second kappa shape index (κ2) is 15.4. The maximum absolute atomic E-state index is 2.56. The van der Waals surface area contributed by atoms with Crippen molar-refractivity contribution >= 4 is 83.2 Å². The third-order valence-electron chi connectivity index (χ3n) is 13.4. The summed E-state index contributed by atoms with van der Waals surface area (Å²) in [5.41, 5.74) is 14.2. The Bertz CT molecular complexity index is 3160. The van der Waals surface area contributed by atoms with Gasteiger partial charge in [0.15, 0.2) is 0 Å². The number of hydrogen-bond acceptors (Lipinski definition) is 3. The highest BCUT2D eigenvalue weighted by molar-refractivity contribution is 7.99. The normalized spacial score (nSPS) is 13.5. The quantitative estimate of drug-likeness (QED) is 0.140. The van der Waals surface area contributed by atoms with Gasteiger partial charge < -0.3 is 9.80 Å². The highest BCUT2D eigenvalue weighted by Crippen LogP contribution is 2.65. The monoisotopic (exact) mass is 876 g/mol. The molecule has 1 heterocycles. The van der Waals surface area contributed by atoms with E-state index in [0.717, 1.165) is 28.4 Å². The molecular formula is C59H52N2SSi2. The predicted octanol–water partition coefficient (Wildman–Crippen LogP) is 15.7. The molecule has 312 valence electrons. The van der Waals surface area contributed by atoms with Crippen LogP contribution in [0.25, 0.3) is 21.9 Å². The minimum Gasteiger partial charge on any atom is -0.310 e. The van der Waals surface area contributed by atoms with Crippen molar-refractivity contribution in [1.82, 2.24) is 0 Å². The predicted molar refractivity (Wildman–Crippen MR) is 281 cm³/mol. The summed E-state index contributed by atoms with van der Waals surface area (Å²) < 4.78 is 0. The van der Waals surface area contributed by atoms with Crippen molar-refractivity contribution < 1.29 is 0 Å². The maximum atomic E-state index is 2.56. The van der Waals surface area contributed by atoms with Gasteiger partial charge >= 0.3 is 0 Å². The van der Waals surface area contributed by atoms with Crippen LogP contribution in [0.3, 0.4) is 0 Å². The fourth-order valence-corrected chi connectivity index (χ4v) is 13.8. The standard InChI is InChI=1S/C59H52N2SSi2/c1-63(2,3)46-34-29-43(30-35-46)60(41-19-9-7-10-20-41)45-33-38-50-53(39-45)59(51-25-15-17-27-56(51)62-57-28-18-16-26-52(57)59)54-40-55(48-23-13-14-24-49(48)58(50)54)61(42-21-11-8-12-22-42)44-31-36-47(37-32-44)64(4,5)6/h7-40H,1-6H3. The molecule has 0 radical (unpaired) electrons. The van der Waals surface area contributed by atoms with E-state index in [0.29, 0.717) is 0 Å². The number of hydrogen-bond donors (Lipinski definition) is 0. The Kier molecular flexibility index (Phi) is 9.73.